The smallest absolute Gasteiger partial charge is 0.343 e. The van der Waals surface area contributed by atoms with Crippen molar-refractivity contribution in [3.8, 4) is 0 Å². The third-order valence-electron chi connectivity index (χ3n) is 5.16. The van der Waals surface area contributed by atoms with Crippen molar-refractivity contribution in [3.05, 3.63) is 0 Å². The molecule has 1 saturated carbocycles. The summed E-state index contributed by atoms with van der Waals surface area (Å²) in [4.78, 5) is 25.1. The normalized spacial score (nSPS) is 33.1. The fourth-order valence-corrected chi connectivity index (χ4v) is 4.04. The number of nitrogens with one attached hydrogen (secondary N) is 2. The molecule has 2 N–H and O–H groups in total. The van der Waals surface area contributed by atoms with Crippen molar-refractivity contribution >= 4 is 24.2 Å². The van der Waals surface area contributed by atoms with E-state index in [4.69, 9.17) is 0 Å². The maximum atomic E-state index is 12.4. The van der Waals surface area contributed by atoms with Crippen LogP contribution in [0.4, 0.5) is 13.2 Å². The van der Waals surface area contributed by atoms with E-state index in [9.17, 15) is 22.8 Å². The van der Waals surface area contributed by atoms with Gasteiger partial charge in [-0.15, -0.1) is 12.4 Å². The molecule has 2 saturated heterocycles. The molecular formula is C15H23ClF3N3O2. The third kappa shape index (κ3) is 4.33. The molecule has 3 aliphatic rings. The van der Waals surface area contributed by atoms with Crippen LogP contribution in [-0.2, 0) is 9.59 Å². The standard InChI is InChI=1S/C15H22F3N3O2.ClH/c16-15(17,18)8-21-6-5-11(14(21)23)20-13(22)12-7-9-3-1-2-4-10(9)19-12;/h9-12,19H,1-8H2,(H,20,22);1H. The fraction of sp³-hybridized carbons (Fsp3) is 0.867. The van der Waals surface area contributed by atoms with Crippen LogP contribution in [0, 0.1) is 5.92 Å². The molecule has 0 spiro atoms. The molecule has 24 heavy (non-hydrogen) atoms. The van der Waals surface area contributed by atoms with E-state index in [2.05, 4.69) is 10.6 Å². The Morgan fingerprint density at radius 1 is 1.25 bits per heavy atom. The second kappa shape index (κ2) is 7.47. The van der Waals surface area contributed by atoms with Gasteiger partial charge in [0.25, 0.3) is 0 Å². The van der Waals surface area contributed by atoms with Crippen LogP contribution in [0.2, 0.25) is 0 Å². The molecule has 2 heterocycles. The van der Waals surface area contributed by atoms with Crippen molar-refractivity contribution in [2.75, 3.05) is 13.1 Å². The number of carbonyl (C=O) groups is 2. The van der Waals surface area contributed by atoms with Crippen molar-refractivity contribution in [2.24, 2.45) is 5.92 Å². The summed E-state index contributed by atoms with van der Waals surface area (Å²) in [6.07, 6.45) is 1.11. The summed E-state index contributed by atoms with van der Waals surface area (Å²) in [6.45, 7) is -1.21. The number of halogens is 4. The molecule has 138 valence electrons. The van der Waals surface area contributed by atoms with E-state index in [1.807, 2.05) is 0 Å². The average Bonchev–Trinajstić information content (AvgIpc) is 3.04. The summed E-state index contributed by atoms with van der Waals surface area (Å²) >= 11 is 0. The molecule has 3 rings (SSSR count). The summed E-state index contributed by atoms with van der Waals surface area (Å²) in [5, 5.41) is 5.95. The quantitative estimate of drug-likeness (QED) is 0.794. The van der Waals surface area contributed by atoms with Crippen molar-refractivity contribution < 1.29 is 22.8 Å². The minimum atomic E-state index is -4.41. The molecule has 1 aliphatic carbocycles. The van der Waals surface area contributed by atoms with E-state index in [0.29, 0.717) is 12.0 Å². The van der Waals surface area contributed by atoms with Gasteiger partial charge in [0.2, 0.25) is 11.8 Å². The number of fused-ring (bicyclic) bond motifs is 1. The lowest BCUT2D eigenvalue weighted by Crippen LogP contribution is -2.49. The van der Waals surface area contributed by atoms with Crippen LogP contribution in [-0.4, -0.2) is 54.1 Å². The number of hydrogen-bond acceptors (Lipinski definition) is 3. The van der Waals surface area contributed by atoms with Gasteiger partial charge in [-0.3, -0.25) is 9.59 Å². The van der Waals surface area contributed by atoms with Crippen molar-refractivity contribution in [1.82, 2.24) is 15.5 Å². The van der Waals surface area contributed by atoms with Crippen molar-refractivity contribution in [1.29, 1.82) is 0 Å². The molecule has 0 aromatic rings. The maximum absolute atomic E-state index is 12.4. The topological polar surface area (TPSA) is 61.4 Å². The van der Waals surface area contributed by atoms with Crippen molar-refractivity contribution in [3.63, 3.8) is 0 Å². The van der Waals surface area contributed by atoms with Gasteiger partial charge in [0, 0.05) is 12.6 Å². The Hall–Kier alpha value is -1.02. The van der Waals surface area contributed by atoms with Gasteiger partial charge in [-0.1, -0.05) is 12.8 Å². The summed E-state index contributed by atoms with van der Waals surface area (Å²) in [5.74, 6) is -0.391. The molecular weight excluding hydrogens is 347 g/mol. The Morgan fingerprint density at radius 3 is 2.62 bits per heavy atom. The van der Waals surface area contributed by atoms with Crippen LogP contribution in [0.25, 0.3) is 0 Å². The number of nitrogens with zero attached hydrogens (tertiary/aromatic N) is 1. The number of carbonyl (C=O) groups excluding carboxylic acids is 2. The second-order valence-corrected chi connectivity index (χ2v) is 6.83. The van der Waals surface area contributed by atoms with Gasteiger partial charge in [0.1, 0.15) is 12.6 Å². The van der Waals surface area contributed by atoms with Crippen molar-refractivity contribution in [2.45, 2.75) is 62.8 Å². The lowest BCUT2D eigenvalue weighted by atomic mass is 9.85. The van der Waals surface area contributed by atoms with E-state index >= 15 is 0 Å². The molecule has 0 bridgehead atoms. The van der Waals surface area contributed by atoms with Crippen LogP contribution >= 0.6 is 12.4 Å². The fourth-order valence-electron chi connectivity index (χ4n) is 4.04. The Bertz CT molecular complexity index is 475. The lowest BCUT2D eigenvalue weighted by Gasteiger charge is -2.24. The number of alkyl halides is 3. The average molecular weight is 370 g/mol. The van der Waals surface area contributed by atoms with Gasteiger partial charge < -0.3 is 15.5 Å². The zero-order chi connectivity index (χ0) is 16.6. The van der Waals surface area contributed by atoms with Gasteiger partial charge in [-0.05, 0) is 31.6 Å². The Labute approximate surface area is 145 Å². The van der Waals surface area contributed by atoms with E-state index in [1.165, 1.54) is 6.42 Å². The highest BCUT2D eigenvalue weighted by Gasteiger charge is 2.42. The summed E-state index contributed by atoms with van der Waals surface area (Å²) < 4.78 is 37.2. The monoisotopic (exact) mass is 369 g/mol. The first kappa shape index (κ1) is 19.3. The molecule has 0 aromatic carbocycles. The first-order valence-corrected chi connectivity index (χ1v) is 8.25. The second-order valence-electron chi connectivity index (χ2n) is 6.83. The van der Waals surface area contributed by atoms with Crippen LogP contribution in [0.5, 0.6) is 0 Å². The lowest BCUT2D eigenvalue weighted by molar-refractivity contribution is -0.158. The van der Waals surface area contributed by atoms with Gasteiger partial charge in [0.15, 0.2) is 0 Å². The van der Waals surface area contributed by atoms with Crippen LogP contribution in [0.1, 0.15) is 38.5 Å². The highest BCUT2D eigenvalue weighted by atomic mass is 35.5. The van der Waals surface area contributed by atoms with Gasteiger partial charge in [-0.2, -0.15) is 13.2 Å². The number of rotatable bonds is 3. The predicted molar refractivity (Wildman–Crippen MR) is 83.7 cm³/mol. The van der Waals surface area contributed by atoms with E-state index in [-0.39, 0.29) is 37.3 Å². The maximum Gasteiger partial charge on any atom is 0.406 e. The zero-order valence-electron chi connectivity index (χ0n) is 13.3. The molecule has 4 atom stereocenters. The SMILES string of the molecule is Cl.O=C(NC1CCN(CC(F)(F)F)C1=O)C1CC2CCCCC2N1. The molecule has 3 fully saturated rings. The summed E-state index contributed by atoms with van der Waals surface area (Å²) in [5.41, 5.74) is 0. The van der Waals surface area contributed by atoms with Crippen LogP contribution in [0.15, 0.2) is 0 Å². The number of likely N-dealkylation sites (tertiary alicyclic amines) is 1. The van der Waals surface area contributed by atoms with E-state index in [1.54, 1.807) is 0 Å². The summed E-state index contributed by atoms with van der Waals surface area (Å²) in [7, 11) is 0. The number of amides is 2. The molecule has 0 aromatic heterocycles. The first-order chi connectivity index (χ1) is 10.8. The summed E-state index contributed by atoms with van der Waals surface area (Å²) in [6, 6.07) is -0.789. The van der Waals surface area contributed by atoms with E-state index in [0.717, 1.165) is 30.6 Å². The minimum absolute atomic E-state index is 0. The Kier molecular flexibility index (Phi) is 6.01. The zero-order valence-corrected chi connectivity index (χ0v) is 14.1. The highest BCUT2D eigenvalue weighted by molar-refractivity contribution is 5.91. The third-order valence-corrected chi connectivity index (χ3v) is 5.16. The van der Waals surface area contributed by atoms with Crippen LogP contribution in [0.3, 0.4) is 0 Å². The largest absolute Gasteiger partial charge is 0.406 e. The molecule has 9 heteroatoms. The molecule has 2 amide bonds. The minimum Gasteiger partial charge on any atom is -0.343 e. The highest BCUT2D eigenvalue weighted by Crippen LogP contribution is 2.33. The molecule has 4 unspecified atom stereocenters. The Balaban J connectivity index is 0.00000208. The van der Waals surface area contributed by atoms with Gasteiger partial charge in [0.05, 0.1) is 6.04 Å². The first-order valence-electron chi connectivity index (χ1n) is 8.25. The predicted octanol–water partition coefficient (Wildman–Crippen LogP) is 1.61. The molecule has 5 nitrogen and oxygen atoms in total. The van der Waals surface area contributed by atoms with Crippen LogP contribution < -0.4 is 10.6 Å². The molecule has 2 aliphatic heterocycles. The van der Waals surface area contributed by atoms with Gasteiger partial charge >= 0.3 is 6.18 Å². The Morgan fingerprint density at radius 2 is 1.96 bits per heavy atom. The number of hydrogen-bond donors (Lipinski definition) is 2. The van der Waals surface area contributed by atoms with Gasteiger partial charge in [-0.25, -0.2) is 0 Å². The van der Waals surface area contributed by atoms with E-state index < -0.39 is 24.7 Å². The molecule has 0 radical (unpaired) electrons.